The van der Waals surface area contributed by atoms with Gasteiger partial charge >= 0.3 is 6.18 Å². The number of alkyl halides is 3. The Kier molecular flexibility index (Phi) is 5.85. The maximum Gasteiger partial charge on any atom is 0.423 e. The van der Waals surface area contributed by atoms with E-state index in [1.165, 1.54) is 19.1 Å². The molecule has 9 heteroatoms. The molecule has 2 N–H and O–H groups in total. The van der Waals surface area contributed by atoms with Gasteiger partial charge in [-0.25, -0.2) is 4.39 Å². The van der Waals surface area contributed by atoms with E-state index >= 15 is 0 Å². The highest BCUT2D eigenvalue weighted by atomic mass is 35.5. The van der Waals surface area contributed by atoms with Gasteiger partial charge in [0.2, 0.25) is 5.60 Å². The lowest BCUT2D eigenvalue weighted by Crippen LogP contribution is -2.51. The van der Waals surface area contributed by atoms with Gasteiger partial charge in [-0.3, -0.25) is 4.79 Å². The third-order valence-corrected chi connectivity index (χ3v) is 4.17. The molecule has 0 aliphatic heterocycles. The third kappa shape index (κ3) is 4.28. The number of hydrogen-bond donors (Lipinski definition) is 2. The van der Waals surface area contributed by atoms with E-state index in [-0.39, 0.29) is 21.2 Å². The SMILES string of the molecule is Cc1cc(C(=O)NCC(O)(c2cc(Cl)cc(Cl)c2)C(F)(F)F)ccc1F. The van der Waals surface area contributed by atoms with Crippen LogP contribution in [0.5, 0.6) is 0 Å². The van der Waals surface area contributed by atoms with Crippen molar-refractivity contribution in [1.29, 1.82) is 0 Å². The molecule has 2 rings (SSSR count). The Labute approximate surface area is 156 Å². The summed E-state index contributed by atoms with van der Waals surface area (Å²) in [6.07, 6.45) is -5.12. The molecular weight excluding hydrogens is 397 g/mol. The fraction of sp³-hybridized carbons (Fsp3) is 0.235. The molecule has 0 radical (unpaired) electrons. The van der Waals surface area contributed by atoms with Crippen LogP contribution in [0.3, 0.4) is 0 Å². The van der Waals surface area contributed by atoms with Gasteiger partial charge in [0.25, 0.3) is 5.91 Å². The van der Waals surface area contributed by atoms with Gasteiger partial charge in [-0.15, -0.1) is 0 Å². The van der Waals surface area contributed by atoms with Crippen molar-refractivity contribution in [2.24, 2.45) is 0 Å². The lowest BCUT2D eigenvalue weighted by atomic mass is 9.92. The van der Waals surface area contributed by atoms with E-state index in [0.29, 0.717) is 0 Å². The van der Waals surface area contributed by atoms with Gasteiger partial charge in [-0.05, 0) is 54.4 Å². The van der Waals surface area contributed by atoms with Gasteiger partial charge < -0.3 is 10.4 Å². The largest absolute Gasteiger partial charge is 0.423 e. The van der Waals surface area contributed by atoms with Crippen LogP contribution in [0.25, 0.3) is 0 Å². The number of nitrogens with one attached hydrogen (secondary N) is 1. The van der Waals surface area contributed by atoms with Crippen LogP contribution in [0, 0.1) is 12.7 Å². The second kappa shape index (κ2) is 7.42. The van der Waals surface area contributed by atoms with Crippen LogP contribution in [-0.4, -0.2) is 23.7 Å². The number of aryl methyl sites for hydroxylation is 1. The first-order valence-electron chi connectivity index (χ1n) is 7.24. The number of hydrogen-bond acceptors (Lipinski definition) is 2. The fourth-order valence-electron chi connectivity index (χ4n) is 2.25. The van der Waals surface area contributed by atoms with Crippen molar-refractivity contribution in [3.63, 3.8) is 0 Å². The Morgan fingerprint density at radius 2 is 1.69 bits per heavy atom. The van der Waals surface area contributed by atoms with Gasteiger partial charge in [0.15, 0.2) is 0 Å². The van der Waals surface area contributed by atoms with E-state index in [2.05, 4.69) is 0 Å². The van der Waals surface area contributed by atoms with E-state index in [1.54, 1.807) is 0 Å². The molecule has 0 bridgehead atoms. The quantitative estimate of drug-likeness (QED) is 0.723. The summed E-state index contributed by atoms with van der Waals surface area (Å²) in [6.45, 7) is 0.231. The molecule has 0 saturated heterocycles. The van der Waals surface area contributed by atoms with Gasteiger partial charge in [0, 0.05) is 15.6 Å². The zero-order valence-electron chi connectivity index (χ0n) is 13.3. The number of aliphatic hydroxyl groups is 1. The molecule has 26 heavy (non-hydrogen) atoms. The normalized spacial score (nSPS) is 14.0. The Balaban J connectivity index is 2.31. The topological polar surface area (TPSA) is 49.3 Å². The molecule has 0 aliphatic rings. The third-order valence-electron chi connectivity index (χ3n) is 3.73. The van der Waals surface area contributed by atoms with Crippen LogP contribution >= 0.6 is 23.2 Å². The molecule has 2 aromatic rings. The number of rotatable bonds is 4. The highest BCUT2D eigenvalue weighted by molar-refractivity contribution is 6.34. The van der Waals surface area contributed by atoms with Crippen molar-refractivity contribution < 1.29 is 27.5 Å². The first kappa shape index (κ1) is 20.5. The molecule has 1 amide bonds. The molecule has 140 valence electrons. The maximum absolute atomic E-state index is 13.5. The predicted molar refractivity (Wildman–Crippen MR) is 89.9 cm³/mol. The molecule has 1 unspecified atom stereocenters. The molecule has 1 atom stereocenters. The second-order valence-electron chi connectivity index (χ2n) is 5.66. The van der Waals surface area contributed by atoms with Crippen molar-refractivity contribution in [2.75, 3.05) is 6.54 Å². The fourth-order valence-corrected chi connectivity index (χ4v) is 2.78. The monoisotopic (exact) mass is 409 g/mol. The van der Waals surface area contributed by atoms with Gasteiger partial charge in [-0.2, -0.15) is 13.2 Å². The summed E-state index contributed by atoms with van der Waals surface area (Å²) in [5, 5.41) is 12.1. The minimum atomic E-state index is -5.12. The summed E-state index contributed by atoms with van der Waals surface area (Å²) in [5.41, 5.74) is -3.91. The summed E-state index contributed by atoms with van der Waals surface area (Å²) in [6, 6.07) is 6.37. The molecule has 0 aliphatic carbocycles. The average molecular weight is 410 g/mol. The standard InChI is InChI=1S/C17H13Cl2F4NO2/c1-9-4-10(2-3-14(9)20)15(25)24-8-16(26,17(21,22)23)11-5-12(18)7-13(19)6-11/h2-7,26H,8H2,1H3,(H,24,25). The molecule has 0 heterocycles. The Bertz CT molecular complexity index is 822. The van der Waals surface area contributed by atoms with Crippen LogP contribution in [-0.2, 0) is 5.60 Å². The molecule has 0 aromatic heterocycles. The van der Waals surface area contributed by atoms with Crippen molar-refractivity contribution in [2.45, 2.75) is 18.7 Å². The van der Waals surface area contributed by atoms with Gasteiger partial charge in [-0.1, -0.05) is 23.2 Å². The smallest absolute Gasteiger partial charge is 0.375 e. The summed E-state index contributed by atoms with van der Waals surface area (Å²) in [7, 11) is 0. The minimum absolute atomic E-state index is 0.0439. The lowest BCUT2D eigenvalue weighted by Gasteiger charge is -2.31. The van der Waals surface area contributed by atoms with E-state index in [1.807, 2.05) is 5.32 Å². The summed E-state index contributed by atoms with van der Waals surface area (Å²) < 4.78 is 53.7. The number of carbonyl (C=O) groups is 1. The maximum atomic E-state index is 13.5. The Morgan fingerprint density at radius 1 is 1.12 bits per heavy atom. The van der Waals surface area contributed by atoms with Gasteiger partial charge in [0.05, 0.1) is 6.54 Å². The van der Waals surface area contributed by atoms with Crippen molar-refractivity contribution in [1.82, 2.24) is 5.32 Å². The zero-order valence-corrected chi connectivity index (χ0v) is 14.8. The molecule has 0 saturated carbocycles. The van der Waals surface area contributed by atoms with Crippen LogP contribution in [0.4, 0.5) is 17.6 Å². The van der Waals surface area contributed by atoms with E-state index < -0.39 is 35.6 Å². The first-order valence-corrected chi connectivity index (χ1v) is 7.99. The van der Waals surface area contributed by atoms with Crippen LogP contribution in [0.15, 0.2) is 36.4 Å². The molecule has 0 spiro atoms. The summed E-state index contributed by atoms with van der Waals surface area (Å²) in [5.74, 6) is -1.45. The number of carbonyl (C=O) groups excluding carboxylic acids is 1. The molecule has 0 fully saturated rings. The summed E-state index contributed by atoms with van der Waals surface area (Å²) in [4.78, 5) is 12.1. The van der Waals surface area contributed by atoms with Crippen molar-refractivity contribution in [3.8, 4) is 0 Å². The first-order chi connectivity index (χ1) is 11.9. The minimum Gasteiger partial charge on any atom is -0.375 e. The predicted octanol–water partition coefficient (Wildman–Crippen LogP) is 4.62. The van der Waals surface area contributed by atoms with E-state index in [9.17, 15) is 27.5 Å². The van der Waals surface area contributed by atoms with Crippen LogP contribution in [0.2, 0.25) is 10.0 Å². The van der Waals surface area contributed by atoms with Crippen LogP contribution in [0.1, 0.15) is 21.5 Å². The van der Waals surface area contributed by atoms with Gasteiger partial charge in [0.1, 0.15) is 5.82 Å². The number of benzene rings is 2. The highest BCUT2D eigenvalue weighted by Gasteiger charge is 2.55. The van der Waals surface area contributed by atoms with Crippen LogP contribution < -0.4 is 5.32 Å². The number of halogens is 6. The van der Waals surface area contributed by atoms with Crippen molar-refractivity contribution in [3.05, 3.63) is 69.0 Å². The van der Waals surface area contributed by atoms with Crippen molar-refractivity contribution >= 4 is 29.1 Å². The zero-order chi connectivity index (χ0) is 19.7. The average Bonchev–Trinajstić information content (AvgIpc) is 2.52. The Morgan fingerprint density at radius 3 is 2.19 bits per heavy atom. The number of amides is 1. The van der Waals surface area contributed by atoms with E-state index in [0.717, 1.165) is 24.3 Å². The lowest BCUT2D eigenvalue weighted by molar-refractivity contribution is -0.263. The molecule has 3 nitrogen and oxygen atoms in total. The molecular formula is C17H13Cl2F4NO2. The van der Waals surface area contributed by atoms with E-state index in [4.69, 9.17) is 23.2 Å². The Hall–Kier alpha value is -1.83. The molecule has 2 aromatic carbocycles. The highest BCUT2D eigenvalue weighted by Crippen LogP contribution is 2.40. The summed E-state index contributed by atoms with van der Waals surface area (Å²) >= 11 is 11.4. The second-order valence-corrected chi connectivity index (χ2v) is 6.54.